The van der Waals surface area contributed by atoms with E-state index in [1.807, 2.05) is 0 Å². The van der Waals surface area contributed by atoms with Crippen LogP contribution in [0.15, 0.2) is 55.0 Å². The molecule has 2 amide bonds. The average molecular weight is 431 g/mol. The van der Waals surface area contributed by atoms with Crippen LogP contribution >= 0.6 is 0 Å². The predicted molar refractivity (Wildman–Crippen MR) is 117 cm³/mol. The van der Waals surface area contributed by atoms with Gasteiger partial charge < -0.3 is 26.8 Å². The third-order valence-electron chi connectivity index (χ3n) is 4.80. The zero-order valence-corrected chi connectivity index (χ0v) is 16.6. The molecule has 0 spiro atoms. The lowest BCUT2D eigenvalue weighted by atomic mass is 9.80. The average Bonchev–Trinajstić information content (AvgIpc) is 3.21. The molecule has 0 atom stereocenters. The summed E-state index contributed by atoms with van der Waals surface area (Å²) in [7, 11) is -1.60. The number of aromatic nitrogens is 4. The quantitative estimate of drug-likeness (QED) is 0.238. The van der Waals surface area contributed by atoms with Crippen LogP contribution in [0.5, 0.6) is 0 Å². The van der Waals surface area contributed by atoms with E-state index in [2.05, 4.69) is 20.3 Å². The number of nitrogens with one attached hydrogen (secondary N) is 1. The van der Waals surface area contributed by atoms with Crippen LogP contribution in [0.3, 0.4) is 0 Å². The molecule has 1 aromatic carbocycles. The van der Waals surface area contributed by atoms with Gasteiger partial charge in [0.05, 0.1) is 11.1 Å². The number of nitrogens with zero attached hydrogens (tertiary/aromatic N) is 4. The molecule has 0 unspecified atom stereocenters. The number of primary amides is 2. The van der Waals surface area contributed by atoms with E-state index in [9.17, 15) is 19.6 Å². The highest BCUT2D eigenvalue weighted by molar-refractivity contribution is 6.58. The van der Waals surface area contributed by atoms with Crippen molar-refractivity contribution in [2.24, 2.45) is 11.5 Å². The first kappa shape index (κ1) is 21.0. The molecule has 0 aliphatic heterocycles. The van der Waals surface area contributed by atoms with Crippen LogP contribution in [0.25, 0.3) is 17.0 Å². The lowest BCUT2D eigenvalue weighted by Crippen LogP contribution is -2.30. The molecule has 11 nitrogen and oxygen atoms in total. The summed E-state index contributed by atoms with van der Waals surface area (Å²) < 4.78 is 1.53. The van der Waals surface area contributed by atoms with E-state index in [0.717, 1.165) is 5.56 Å². The molecule has 32 heavy (non-hydrogen) atoms. The molecule has 0 radical (unpaired) electrons. The standard InChI is InChI=1S/C20H18BN7O4/c22-17(29)13-9-25-20(16-14-5-2-6-15(18(23)30)28(14)10-26-16)27-19(13)24-8-11-3-1-4-12(7-11)21(31)32/h1-7,9-10,31-32H,8H2,(H2,22,29)(H2,23,30)(H,24,25,27). The molecular weight excluding hydrogens is 413 g/mol. The van der Waals surface area contributed by atoms with E-state index in [1.54, 1.807) is 42.5 Å². The summed E-state index contributed by atoms with van der Waals surface area (Å²) in [5.41, 5.74) is 13.2. The minimum Gasteiger partial charge on any atom is -0.423 e. The first-order chi connectivity index (χ1) is 15.3. The van der Waals surface area contributed by atoms with E-state index in [-0.39, 0.29) is 29.4 Å². The molecule has 0 aliphatic carbocycles. The third kappa shape index (κ3) is 3.99. The molecule has 0 bridgehead atoms. The molecule has 0 saturated carbocycles. The monoisotopic (exact) mass is 431 g/mol. The number of carbonyl (C=O) groups excluding carboxylic acids is 2. The number of pyridine rings is 1. The third-order valence-corrected chi connectivity index (χ3v) is 4.80. The van der Waals surface area contributed by atoms with Gasteiger partial charge in [-0.1, -0.05) is 30.3 Å². The maximum absolute atomic E-state index is 11.9. The number of nitrogens with two attached hydrogens (primary N) is 2. The number of benzene rings is 1. The highest BCUT2D eigenvalue weighted by Gasteiger charge is 2.18. The minimum atomic E-state index is -1.60. The maximum atomic E-state index is 11.9. The Balaban J connectivity index is 1.71. The lowest BCUT2D eigenvalue weighted by molar-refractivity contribution is 0.0988. The van der Waals surface area contributed by atoms with Crippen molar-refractivity contribution in [2.45, 2.75) is 6.54 Å². The molecule has 3 aromatic heterocycles. The molecule has 12 heteroatoms. The number of hydrogen-bond donors (Lipinski definition) is 5. The topological polar surface area (TPSA) is 182 Å². The number of carbonyl (C=O) groups is 2. The Kier molecular flexibility index (Phi) is 5.54. The first-order valence-electron chi connectivity index (χ1n) is 9.47. The Labute approximate surface area is 181 Å². The van der Waals surface area contributed by atoms with Crippen molar-refractivity contribution < 1.29 is 19.6 Å². The Bertz CT molecular complexity index is 1340. The smallest absolute Gasteiger partial charge is 0.423 e. The zero-order valence-electron chi connectivity index (χ0n) is 16.6. The second kappa shape index (κ2) is 8.45. The molecule has 0 aliphatic rings. The van der Waals surface area contributed by atoms with Crippen molar-refractivity contribution in [1.29, 1.82) is 0 Å². The summed E-state index contributed by atoms with van der Waals surface area (Å²) in [4.78, 5) is 36.5. The van der Waals surface area contributed by atoms with Gasteiger partial charge in [0.25, 0.3) is 11.8 Å². The van der Waals surface area contributed by atoms with Crippen LogP contribution in [-0.2, 0) is 6.54 Å². The van der Waals surface area contributed by atoms with Gasteiger partial charge in [-0.3, -0.25) is 14.0 Å². The van der Waals surface area contributed by atoms with Crippen molar-refractivity contribution in [3.8, 4) is 11.5 Å². The van der Waals surface area contributed by atoms with Gasteiger partial charge >= 0.3 is 7.12 Å². The Morgan fingerprint density at radius 3 is 2.56 bits per heavy atom. The first-order valence-corrected chi connectivity index (χ1v) is 9.47. The Hall–Kier alpha value is -4.29. The van der Waals surface area contributed by atoms with Crippen molar-refractivity contribution in [2.75, 3.05) is 5.32 Å². The second-order valence-electron chi connectivity index (χ2n) is 6.92. The highest BCUT2D eigenvalue weighted by atomic mass is 16.4. The van der Waals surface area contributed by atoms with Gasteiger partial charge in [-0.25, -0.2) is 15.0 Å². The van der Waals surface area contributed by atoms with E-state index >= 15 is 0 Å². The van der Waals surface area contributed by atoms with Crippen molar-refractivity contribution in [3.05, 3.63) is 71.8 Å². The lowest BCUT2D eigenvalue weighted by Gasteiger charge is -2.11. The minimum absolute atomic E-state index is 0.0773. The fourth-order valence-electron chi connectivity index (χ4n) is 3.25. The number of fused-ring (bicyclic) bond motifs is 1. The van der Waals surface area contributed by atoms with Crippen molar-refractivity contribution in [3.63, 3.8) is 0 Å². The molecule has 3 heterocycles. The van der Waals surface area contributed by atoms with E-state index < -0.39 is 18.9 Å². The maximum Gasteiger partial charge on any atom is 0.488 e. The van der Waals surface area contributed by atoms with Gasteiger partial charge in [0.1, 0.15) is 23.5 Å². The van der Waals surface area contributed by atoms with Crippen LogP contribution in [0.1, 0.15) is 26.4 Å². The van der Waals surface area contributed by atoms with Crippen LogP contribution in [0.2, 0.25) is 0 Å². The number of amides is 2. The summed E-state index contributed by atoms with van der Waals surface area (Å²) in [6, 6.07) is 11.6. The molecule has 0 saturated heterocycles. The van der Waals surface area contributed by atoms with E-state index in [0.29, 0.717) is 16.7 Å². The van der Waals surface area contributed by atoms with Crippen LogP contribution in [-0.4, -0.2) is 48.3 Å². The summed E-state index contributed by atoms with van der Waals surface area (Å²) in [6.45, 7) is 0.229. The summed E-state index contributed by atoms with van der Waals surface area (Å²) in [5, 5.41) is 21.7. The van der Waals surface area contributed by atoms with Gasteiger partial charge in [-0.2, -0.15) is 0 Å². The summed E-state index contributed by atoms with van der Waals surface area (Å²) in [5.74, 6) is -0.933. The fourth-order valence-corrected chi connectivity index (χ4v) is 3.25. The fraction of sp³-hybridized carbons (Fsp3) is 0.0500. The van der Waals surface area contributed by atoms with Crippen LogP contribution in [0, 0.1) is 0 Å². The Morgan fingerprint density at radius 1 is 1.06 bits per heavy atom. The van der Waals surface area contributed by atoms with Crippen molar-refractivity contribution in [1.82, 2.24) is 19.4 Å². The molecular formula is C20H18BN7O4. The number of anilines is 1. The number of rotatable bonds is 7. The summed E-state index contributed by atoms with van der Waals surface area (Å²) >= 11 is 0. The number of hydrogen-bond acceptors (Lipinski definition) is 8. The van der Waals surface area contributed by atoms with Gasteiger partial charge in [-0.15, -0.1) is 0 Å². The van der Waals surface area contributed by atoms with Crippen LogP contribution < -0.4 is 22.2 Å². The van der Waals surface area contributed by atoms with Gasteiger partial charge in [0.15, 0.2) is 5.82 Å². The number of imidazole rings is 1. The molecule has 7 N–H and O–H groups in total. The van der Waals surface area contributed by atoms with E-state index in [1.165, 1.54) is 16.9 Å². The van der Waals surface area contributed by atoms with Crippen molar-refractivity contribution >= 4 is 35.7 Å². The molecule has 160 valence electrons. The van der Waals surface area contributed by atoms with Crippen LogP contribution in [0.4, 0.5) is 5.82 Å². The highest BCUT2D eigenvalue weighted by Crippen LogP contribution is 2.23. The molecule has 4 aromatic rings. The predicted octanol–water partition coefficient (Wildman–Crippen LogP) is -0.719. The molecule has 0 fully saturated rings. The second-order valence-corrected chi connectivity index (χ2v) is 6.92. The normalized spacial score (nSPS) is 10.8. The van der Waals surface area contributed by atoms with Gasteiger partial charge in [-0.05, 0) is 23.2 Å². The molecule has 4 rings (SSSR count). The SMILES string of the molecule is NC(=O)c1cnc(-c2ncn3c(C(N)=O)cccc23)nc1NCc1cccc(B(O)O)c1. The van der Waals surface area contributed by atoms with Gasteiger partial charge in [0, 0.05) is 12.7 Å². The van der Waals surface area contributed by atoms with E-state index in [4.69, 9.17) is 11.5 Å². The summed E-state index contributed by atoms with van der Waals surface area (Å²) in [6.07, 6.45) is 2.74. The zero-order chi connectivity index (χ0) is 22.8. The Morgan fingerprint density at radius 2 is 1.84 bits per heavy atom. The largest absolute Gasteiger partial charge is 0.488 e. The van der Waals surface area contributed by atoms with Gasteiger partial charge in [0.2, 0.25) is 0 Å².